The van der Waals surface area contributed by atoms with Crippen LogP contribution < -0.4 is 9.47 Å². The van der Waals surface area contributed by atoms with Crippen LogP contribution >= 0.6 is 0 Å². The lowest BCUT2D eigenvalue weighted by molar-refractivity contribution is 0.0735. The lowest BCUT2D eigenvalue weighted by Gasteiger charge is -2.26. The van der Waals surface area contributed by atoms with E-state index < -0.39 is 0 Å². The van der Waals surface area contributed by atoms with Gasteiger partial charge in [-0.05, 0) is 55.7 Å². The minimum atomic E-state index is 0.0563. The van der Waals surface area contributed by atoms with E-state index in [0.29, 0.717) is 18.8 Å². The molecule has 2 aliphatic rings. The third kappa shape index (κ3) is 3.12. The zero-order chi connectivity index (χ0) is 20.0. The maximum atomic E-state index is 13.3. The highest BCUT2D eigenvalue weighted by Crippen LogP contribution is 2.38. The van der Waals surface area contributed by atoms with Crippen LogP contribution in [-0.2, 0) is 7.05 Å². The first-order valence-electron chi connectivity index (χ1n) is 10.3. The number of aromatic nitrogens is 2. The summed E-state index contributed by atoms with van der Waals surface area (Å²) in [7, 11) is 1.99. The Morgan fingerprint density at radius 3 is 2.76 bits per heavy atom. The van der Waals surface area contributed by atoms with Crippen LogP contribution in [0.25, 0.3) is 11.0 Å². The van der Waals surface area contributed by atoms with Crippen molar-refractivity contribution in [2.75, 3.05) is 19.8 Å². The number of amides is 1. The van der Waals surface area contributed by atoms with Crippen molar-refractivity contribution in [2.24, 2.45) is 7.05 Å². The van der Waals surface area contributed by atoms with Gasteiger partial charge in [0, 0.05) is 25.6 Å². The number of carbonyl (C=O) groups excluding carboxylic acids is 1. The van der Waals surface area contributed by atoms with Crippen LogP contribution in [0.2, 0.25) is 0 Å². The number of carbonyl (C=O) groups is 1. The molecule has 0 saturated carbocycles. The molecule has 3 aromatic rings. The Morgan fingerprint density at radius 1 is 1.07 bits per heavy atom. The van der Waals surface area contributed by atoms with Crippen molar-refractivity contribution in [2.45, 2.75) is 32.2 Å². The number of hydrogen-bond acceptors (Lipinski definition) is 4. The minimum Gasteiger partial charge on any atom is -0.490 e. The molecule has 1 fully saturated rings. The van der Waals surface area contributed by atoms with Crippen molar-refractivity contribution in [3.05, 3.63) is 53.3 Å². The van der Waals surface area contributed by atoms with E-state index in [1.807, 2.05) is 53.8 Å². The Hall–Kier alpha value is -3.02. The summed E-state index contributed by atoms with van der Waals surface area (Å²) in [6.07, 6.45) is 2.83. The molecule has 0 radical (unpaired) electrons. The predicted molar refractivity (Wildman–Crippen MR) is 111 cm³/mol. The topological polar surface area (TPSA) is 56.6 Å². The van der Waals surface area contributed by atoms with Crippen LogP contribution in [0.5, 0.6) is 11.5 Å². The Kier molecular flexibility index (Phi) is 4.42. The maximum absolute atomic E-state index is 13.3. The summed E-state index contributed by atoms with van der Waals surface area (Å²) in [5.41, 5.74) is 3.70. The van der Waals surface area contributed by atoms with Crippen LogP contribution in [0.3, 0.4) is 0 Å². The molecule has 0 unspecified atom stereocenters. The molecule has 6 nitrogen and oxygen atoms in total. The number of hydrogen-bond donors (Lipinski definition) is 0. The van der Waals surface area contributed by atoms with Crippen molar-refractivity contribution >= 4 is 16.9 Å². The molecule has 1 aromatic heterocycles. The normalized spacial score (nSPS) is 18.8. The smallest absolute Gasteiger partial charge is 0.254 e. The molecule has 0 aliphatic carbocycles. The molecule has 2 aromatic carbocycles. The number of benzene rings is 2. The summed E-state index contributed by atoms with van der Waals surface area (Å²) in [5.74, 6) is 2.57. The average molecular weight is 391 g/mol. The van der Waals surface area contributed by atoms with Gasteiger partial charge in [-0.1, -0.05) is 6.07 Å². The largest absolute Gasteiger partial charge is 0.490 e. The molecule has 150 valence electrons. The lowest BCUT2D eigenvalue weighted by atomic mass is 10.0. The summed E-state index contributed by atoms with van der Waals surface area (Å²) >= 11 is 0. The van der Waals surface area contributed by atoms with Gasteiger partial charge in [0.15, 0.2) is 11.5 Å². The second kappa shape index (κ2) is 7.10. The Balaban J connectivity index is 1.45. The van der Waals surface area contributed by atoms with Gasteiger partial charge < -0.3 is 18.9 Å². The Bertz CT molecular complexity index is 1090. The van der Waals surface area contributed by atoms with E-state index in [1.54, 1.807) is 0 Å². The first kappa shape index (κ1) is 18.0. The Morgan fingerprint density at radius 2 is 1.90 bits per heavy atom. The third-order valence-electron chi connectivity index (χ3n) is 6.02. The fourth-order valence-electron chi connectivity index (χ4n) is 4.36. The van der Waals surface area contributed by atoms with E-state index >= 15 is 0 Å². The standard InChI is InChI=1S/C23H25N3O3/c1-15-24-18-13-17(6-8-20(18)25(15)2)23(27)26-10-3-5-19(26)16-7-9-21-22(14-16)29-12-4-11-28-21/h6-9,13-14,19H,3-5,10-12H2,1-2H3/t19-/m1/s1. The van der Waals surface area contributed by atoms with Crippen LogP contribution in [0.1, 0.15) is 47.1 Å². The molecule has 29 heavy (non-hydrogen) atoms. The van der Waals surface area contributed by atoms with E-state index in [2.05, 4.69) is 11.1 Å². The molecule has 1 atom stereocenters. The van der Waals surface area contributed by atoms with Gasteiger partial charge >= 0.3 is 0 Å². The van der Waals surface area contributed by atoms with Gasteiger partial charge in [-0.25, -0.2) is 4.98 Å². The summed E-state index contributed by atoms with van der Waals surface area (Å²) in [6, 6.07) is 11.9. The number of rotatable bonds is 2. The molecule has 3 heterocycles. The number of aryl methyl sites for hydroxylation is 2. The second-order valence-electron chi connectivity index (χ2n) is 7.83. The van der Waals surface area contributed by atoms with Crippen LogP contribution in [0, 0.1) is 6.92 Å². The van der Waals surface area contributed by atoms with Crippen molar-refractivity contribution in [3.63, 3.8) is 0 Å². The van der Waals surface area contributed by atoms with E-state index in [9.17, 15) is 4.79 Å². The first-order chi connectivity index (χ1) is 14.1. The number of fused-ring (bicyclic) bond motifs is 2. The number of likely N-dealkylation sites (tertiary alicyclic amines) is 1. The third-order valence-corrected chi connectivity index (χ3v) is 6.02. The molecule has 0 spiro atoms. The lowest BCUT2D eigenvalue weighted by Crippen LogP contribution is -2.30. The van der Waals surface area contributed by atoms with E-state index in [-0.39, 0.29) is 11.9 Å². The SMILES string of the molecule is Cc1nc2cc(C(=O)N3CCC[C@@H]3c3ccc4c(c3)OCCCO4)ccc2n1C. The van der Waals surface area contributed by atoms with Crippen LogP contribution in [0.15, 0.2) is 36.4 Å². The van der Waals surface area contributed by atoms with Crippen molar-refractivity contribution in [1.82, 2.24) is 14.5 Å². The predicted octanol–water partition coefficient (Wildman–Crippen LogP) is 4.02. The van der Waals surface area contributed by atoms with Crippen molar-refractivity contribution < 1.29 is 14.3 Å². The van der Waals surface area contributed by atoms with Crippen molar-refractivity contribution in [1.29, 1.82) is 0 Å². The minimum absolute atomic E-state index is 0.0563. The van der Waals surface area contributed by atoms with Gasteiger partial charge in [0.05, 0.1) is 30.3 Å². The highest BCUT2D eigenvalue weighted by atomic mass is 16.5. The molecule has 0 N–H and O–H groups in total. The maximum Gasteiger partial charge on any atom is 0.254 e. The van der Waals surface area contributed by atoms with Gasteiger partial charge in [0.25, 0.3) is 5.91 Å². The molecule has 0 bridgehead atoms. The van der Waals surface area contributed by atoms with Gasteiger partial charge in [0.2, 0.25) is 0 Å². The van der Waals surface area contributed by atoms with Gasteiger partial charge in [-0.2, -0.15) is 0 Å². The van der Waals surface area contributed by atoms with Gasteiger partial charge in [-0.15, -0.1) is 0 Å². The average Bonchev–Trinajstić information content (AvgIpc) is 3.24. The fraction of sp³-hybridized carbons (Fsp3) is 0.391. The molecule has 1 amide bonds. The van der Waals surface area contributed by atoms with Crippen molar-refractivity contribution in [3.8, 4) is 11.5 Å². The molecule has 6 heteroatoms. The summed E-state index contributed by atoms with van der Waals surface area (Å²) in [4.78, 5) is 19.9. The zero-order valence-electron chi connectivity index (χ0n) is 16.9. The first-order valence-corrected chi connectivity index (χ1v) is 10.3. The molecule has 1 saturated heterocycles. The second-order valence-corrected chi connectivity index (χ2v) is 7.83. The van der Waals surface area contributed by atoms with Gasteiger partial charge in [-0.3, -0.25) is 4.79 Å². The molecular formula is C23H25N3O3. The van der Waals surface area contributed by atoms with Crippen LogP contribution in [0.4, 0.5) is 0 Å². The van der Waals surface area contributed by atoms with E-state index in [1.165, 1.54) is 0 Å². The molecule has 5 rings (SSSR count). The van der Waals surface area contributed by atoms with Crippen LogP contribution in [-0.4, -0.2) is 40.1 Å². The highest BCUT2D eigenvalue weighted by Gasteiger charge is 2.31. The number of imidazole rings is 1. The Labute approximate surface area is 170 Å². The summed E-state index contributed by atoms with van der Waals surface area (Å²) in [6.45, 7) is 4.07. The van der Waals surface area contributed by atoms with E-state index in [4.69, 9.17) is 9.47 Å². The molecular weight excluding hydrogens is 366 g/mol. The number of ether oxygens (including phenoxy) is 2. The zero-order valence-corrected chi connectivity index (χ0v) is 16.9. The monoisotopic (exact) mass is 391 g/mol. The van der Waals surface area contributed by atoms with Gasteiger partial charge in [0.1, 0.15) is 5.82 Å². The number of nitrogens with zero attached hydrogens (tertiary/aromatic N) is 3. The summed E-state index contributed by atoms with van der Waals surface area (Å²) < 4.78 is 13.6. The van der Waals surface area contributed by atoms with E-state index in [0.717, 1.165) is 59.7 Å². The highest BCUT2D eigenvalue weighted by molar-refractivity contribution is 5.97. The summed E-state index contributed by atoms with van der Waals surface area (Å²) in [5, 5.41) is 0. The fourth-order valence-corrected chi connectivity index (χ4v) is 4.36. The molecule has 2 aliphatic heterocycles. The quantitative estimate of drug-likeness (QED) is 0.662.